The van der Waals surface area contributed by atoms with Gasteiger partial charge in [-0.25, -0.2) is 4.99 Å². The number of hydrogen-bond acceptors (Lipinski definition) is 8. The molecule has 0 spiro atoms. The van der Waals surface area contributed by atoms with Crippen LogP contribution in [0.25, 0.3) is 0 Å². The molecule has 2 aromatic rings. The van der Waals surface area contributed by atoms with Crippen LogP contribution < -0.4 is 37.9 Å². The number of amides is 3. The Balaban J connectivity index is 2.06. The van der Waals surface area contributed by atoms with Crippen molar-refractivity contribution in [1.82, 2.24) is 10.6 Å². The fraction of sp³-hybridized carbons (Fsp3) is 0.346. The summed E-state index contributed by atoms with van der Waals surface area (Å²) in [4.78, 5) is 54.4. The summed E-state index contributed by atoms with van der Waals surface area (Å²) in [5.41, 5.74) is 16.3. The molecule has 210 valence electrons. The van der Waals surface area contributed by atoms with Crippen molar-refractivity contribution in [1.29, 1.82) is 0 Å². The average Bonchev–Trinajstić information content (AvgIpc) is 2.85. The molecule has 0 heterocycles. The normalized spacial score (nSPS) is 11.5. The molecule has 2 aromatic carbocycles. The summed E-state index contributed by atoms with van der Waals surface area (Å²) in [6.45, 7) is 5.29. The first kappa shape index (κ1) is 30.6. The molecule has 0 saturated heterocycles. The van der Waals surface area contributed by atoms with Crippen LogP contribution in [0.4, 0.5) is 11.4 Å². The number of benzene rings is 2. The van der Waals surface area contributed by atoms with Gasteiger partial charge in [-0.1, -0.05) is 6.07 Å². The van der Waals surface area contributed by atoms with Crippen LogP contribution in [0.3, 0.4) is 0 Å². The zero-order valence-corrected chi connectivity index (χ0v) is 22.2. The molecule has 0 aliphatic rings. The van der Waals surface area contributed by atoms with Crippen LogP contribution in [0.5, 0.6) is 5.75 Å². The second kappa shape index (κ2) is 14.3. The van der Waals surface area contributed by atoms with Crippen molar-refractivity contribution >= 4 is 41.0 Å². The van der Waals surface area contributed by atoms with Gasteiger partial charge in [0, 0.05) is 17.8 Å². The van der Waals surface area contributed by atoms with Crippen LogP contribution in [0.15, 0.2) is 53.5 Å². The Hall–Kier alpha value is -4.65. The van der Waals surface area contributed by atoms with E-state index in [1.165, 1.54) is 12.1 Å². The minimum Gasteiger partial charge on any atom is -0.492 e. The number of esters is 1. The van der Waals surface area contributed by atoms with Crippen LogP contribution in [-0.2, 0) is 19.1 Å². The Bertz CT molecular complexity index is 1190. The van der Waals surface area contributed by atoms with Gasteiger partial charge in [0.25, 0.3) is 5.91 Å². The maximum Gasteiger partial charge on any atom is 0.308 e. The van der Waals surface area contributed by atoms with Crippen molar-refractivity contribution in [2.75, 3.05) is 25.0 Å². The third-order valence-electron chi connectivity index (χ3n) is 4.73. The minimum atomic E-state index is -1.28. The molecule has 0 aliphatic heterocycles. The molecule has 1 unspecified atom stereocenters. The number of rotatable bonds is 12. The van der Waals surface area contributed by atoms with Gasteiger partial charge in [-0.15, -0.1) is 0 Å². The third kappa shape index (κ3) is 11.5. The van der Waals surface area contributed by atoms with E-state index in [-0.39, 0.29) is 11.5 Å². The second-order valence-electron chi connectivity index (χ2n) is 9.33. The van der Waals surface area contributed by atoms with E-state index in [1.807, 2.05) is 0 Å². The highest BCUT2D eigenvalue weighted by Gasteiger charge is 2.27. The van der Waals surface area contributed by atoms with Gasteiger partial charge in [0.05, 0.1) is 18.7 Å². The lowest BCUT2D eigenvalue weighted by Crippen LogP contribution is -2.48. The molecule has 0 aliphatic carbocycles. The maximum atomic E-state index is 13.0. The predicted molar refractivity (Wildman–Crippen MR) is 146 cm³/mol. The van der Waals surface area contributed by atoms with E-state index in [0.717, 1.165) is 0 Å². The maximum absolute atomic E-state index is 13.0. The van der Waals surface area contributed by atoms with Gasteiger partial charge in [-0.3, -0.25) is 19.2 Å². The van der Waals surface area contributed by atoms with E-state index in [9.17, 15) is 19.2 Å². The topological polar surface area (TPSA) is 213 Å². The fourth-order valence-corrected chi connectivity index (χ4v) is 3.17. The SMILES string of the molecule is CC(C)(C)OC(=O)CC(NC(=O)CNC(=O)c1cccc(N=C(N)N)c1)C(=O)Nc1ccc(OCCN)cc1. The number of ether oxygens (including phenoxy) is 2. The van der Waals surface area contributed by atoms with E-state index < -0.39 is 48.3 Å². The smallest absolute Gasteiger partial charge is 0.308 e. The summed E-state index contributed by atoms with van der Waals surface area (Å²) in [7, 11) is 0. The molecule has 0 radical (unpaired) electrons. The molecule has 9 N–H and O–H groups in total. The quantitative estimate of drug-likeness (QED) is 0.125. The number of carbonyl (C=O) groups excluding carboxylic acids is 4. The molecule has 1 atom stereocenters. The highest BCUT2D eigenvalue weighted by Crippen LogP contribution is 2.17. The molecule has 0 fully saturated rings. The first-order valence-corrected chi connectivity index (χ1v) is 12.1. The zero-order chi connectivity index (χ0) is 29.0. The van der Waals surface area contributed by atoms with E-state index in [4.69, 9.17) is 26.7 Å². The lowest BCUT2D eigenvalue weighted by atomic mass is 10.1. The molecule has 39 heavy (non-hydrogen) atoms. The summed E-state index contributed by atoms with van der Waals surface area (Å²) >= 11 is 0. The molecule has 2 rings (SSSR count). The van der Waals surface area contributed by atoms with E-state index in [2.05, 4.69) is 20.9 Å². The second-order valence-corrected chi connectivity index (χ2v) is 9.33. The minimum absolute atomic E-state index is 0.169. The van der Waals surface area contributed by atoms with Gasteiger partial charge in [-0.05, 0) is 63.2 Å². The zero-order valence-electron chi connectivity index (χ0n) is 22.2. The van der Waals surface area contributed by atoms with Crippen molar-refractivity contribution in [3.05, 3.63) is 54.1 Å². The molecule has 3 amide bonds. The van der Waals surface area contributed by atoms with Gasteiger partial charge in [-0.2, -0.15) is 0 Å². The molecule has 0 bridgehead atoms. The monoisotopic (exact) mass is 541 g/mol. The third-order valence-corrected chi connectivity index (χ3v) is 4.73. The Morgan fingerprint density at radius 2 is 1.72 bits per heavy atom. The number of guanidine groups is 1. The molecule has 13 nitrogen and oxygen atoms in total. The van der Waals surface area contributed by atoms with Gasteiger partial charge < -0.3 is 42.6 Å². The van der Waals surface area contributed by atoms with Crippen molar-refractivity contribution in [2.45, 2.75) is 38.8 Å². The summed E-state index contributed by atoms with van der Waals surface area (Å²) in [6, 6.07) is 11.4. The molecule has 0 aromatic heterocycles. The number of nitrogens with two attached hydrogens (primary N) is 3. The molecular weight excluding hydrogens is 506 g/mol. The number of nitrogens with one attached hydrogen (secondary N) is 3. The summed E-state index contributed by atoms with van der Waals surface area (Å²) in [5, 5.41) is 7.58. The average molecular weight is 542 g/mol. The lowest BCUT2D eigenvalue weighted by Gasteiger charge is -2.23. The lowest BCUT2D eigenvalue weighted by molar-refractivity contribution is -0.156. The Kier molecular flexibility index (Phi) is 11.2. The van der Waals surface area contributed by atoms with Crippen LogP contribution in [0, 0.1) is 0 Å². The van der Waals surface area contributed by atoms with E-state index in [1.54, 1.807) is 57.2 Å². The predicted octanol–water partition coefficient (Wildman–Crippen LogP) is 0.514. The van der Waals surface area contributed by atoms with Crippen molar-refractivity contribution < 1.29 is 28.7 Å². The van der Waals surface area contributed by atoms with Crippen molar-refractivity contribution in [3.63, 3.8) is 0 Å². The summed E-state index contributed by atoms with van der Waals surface area (Å²) < 4.78 is 10.7. The molecular formula is C26H35N7O6. The Morgan fingerprint density at radius 3 is 2.33 bits per heavy atom. The summed E-state index contributed by atoms with van der Waals surface area (Å²) in [6.07, 6.45) is -0.430. The van der Waals surface area contributed by atoms with Crippen molar-refractivity contribution in [2.24, 2.45) is 22.2 Å². The van der Waals surface area contributed by atoms with Gasteiger partial charge in [0.15, 0.2) is 5.96 Å². The van der Waals surface area contributed by atoms with Crippen LogP contribution >= 0.6 is 0 Å². The Labute approximate surface area is 226 Å². The first-order chi connectivity index (χ1) is 18.4. The van der Waals surface area contributed by atoms with E-state index in [0.29, 0.717) is 30.3 Å². The molecule has 13 heteroatoms. The number of carbonyl (C=O) groups is 4. The largest absolute Gasteiger partial charge is 0.492 e. The number of aliphatic imine (C=N–C) groups is 1. The molecule has 0 saturated carbocycles. The van der Waals surface area contributed by atoms with Crippen LogP contribution in [0.2, 0.25) is 0 Å². The van der Waals surface area contributed by atoms with Gasteiger partial charge >= 0.3 is 5.97 Å². The van der Waals surface area contributed by atoms with Crippen LogP contribution in [-0.4, -0.2) is 61.0 Å². The van der Waals surface area contributed by atoms with Gasteiger partial charge in [0.1, 0.15) is 24.0 Å². The standard InChI is InChI=1S/C26H35N7O6/c1-26(2,3)39-22(35)14-20(24(37)31-17-7-9-19(10-8-17)38-12-11-27)33-21(34)15-30-23(36)16-5-4-6-18(13-16)32-25(28)29/h4-10,13,20H,11-12,14-15,27H2,1-3H3,(H,30,36)(H,31,37)(H,33,34)(H4,28,29,32). The highest BCUT2D eigenvalue weighted by atomic mass is 16.6. The summed E-state index contributed by atoms with van der Waals surface area (Å²) in [5.74, 6) is -2.20. The fourth-order valence-electron chi connectivity index (χ4n) is 3.17. The first-order valence-electron chi connectivity index (χ1n) is 12.1. The number of anilines is 1. The van der Waals surface area contributed by atoms with Crippen molar-refractivity contribution in [3.8, 4) is 5.75 Å². The van der Waals surface area contributed by atoms with Crippen LogP contribution in [0.1, 0.15) is 37.6 Å². The van der Waals surface area contributed by atoms with E-state index >= 15 is 0 Å². The number of nitrogens with zero attached hydrogens (tertiary/aromatic N) is 1. The van der Waals surface area contributed by atoms with Gasteiger partial charge in [0.2, 0.25) is 11.8 Å². The Morgan fingerprint density at radius 1 is 1.03 bits per heavy atom. The number of hydrogen-bond donors (Lipinski definition) is 6. The highest BCUT2D eigenvalue weighted by molar-refractivity contribution is 6.01.